The van der Waals surface area contributed by atoms with Gasteiger partial charge in [-0.1, -0.05) is 67.5 Å². The fraction of sp³-hybridized carbons (Fsp3) is 0.208. The lowest BCUT2D eigenvalue weighted by Gasteiger charge is -2.09. The molecular weight excluding hydrogens is 402 g/mol. The second-order valence-electron chi connectivity index (χ2n) is 7.10. The van der Waals surface area contributed by atoms with Crippen molar-refractivity contribution < 1.29 is 0 Å². The maximum absolute atomic E-state index is 12.9. The molecule has 0 aliphatic rings. The lowest BCUT2D eigenvalue weighted by Crippen LogP contribution is -2.25. The van der Waals surface area contributed by atoms with E-state index in [0.29, 0.717) is 18.2 Å². The molecule has 0 bridgehead atoms. The number of hydrogen-bond donors (Lipinski definition) is 1. The van der Waals surface area contributed by atoms with E-state index in [0.717, 1.165) is 28.7 Å². The minimum absolute atomic E-state index is 0.171. The van der Waals surface area contributed by atoms with Gasteiger partial charge < -0.3 is 0 Å². The summed E-state index contributed by atoms with van der Waals surface area (Å²) in [6, 6.07) is 16.0. The molecule has 0 unspecified atom stereocenters. The van der Waals surface area contributed by atoms with E-state index in [4.69, 9.17) is 0 Å². The molecule has 4 rings (SSSR count). The summed E-state index contributed by atoms with van der Waals surface area (Å²) < 4.78 is 3.08. The Balaban J connectivity index is 1.64. The van der Waals surface area contributed by atoms with Crippen molar-refractivity contribution in [3.8, 4) is 34.4 Å². The van der Waals surface area contributed by atoms with Gasteiger partial charge in [0.05, 0.1) is 6.54 Å². The molecule has 0 aliphatic carbocycles. The molecule has 0 fully saturated rings. The number of aromatic amines is 1. The number of H-pyrrole nitrogens is 1. The van der Waals surface area contributed by atoms with Crippen LogP contribution >= 0.6 is 0 Å². The van der Waals surface area contributed by atoms with E-state index in [1.807, 2.05) is 67.6 Å². The van der Waals surface area contributed by atoms with E-state index in [1.165, 1.54) is 4.68 Å². The van der Waals surface area contributed by atoms with Crippen molar-refractivity contribution in [2.75, 3.05) is 0 Å². The van der Waals surface area contributed by atoms with Crippen molar-refractivity contribution in [1.82, 2.24) is 35.0 Å². The summed E-state index contributed by atoms with van der Waals surface area (Å²) in [6.07, 6.45) is 4.74. The number of nitrogens with zero attached hydrogens (tertiary/aromatic N) is 6. The molecule has 0 aliphatic heterocycles. The van der Waals surface area contributed by atoms with Crippen LogP contribution in [0, 0.1) is 11.8 Å². The highest BCUT2D eigenvalue weighted by atomic mass is 16.2. The van der Waals surface area contributed by atoms with E-state index in [9.17, 15) is 4.79 Å². The van der Waals surface area contributed by atoms with Crippen LogP contribution in [0.5, 0.6) is 0 Å². The SMILES string of the molecule is CC#CCn1nc(C=CCC)n(Cc2ccc(-c3ccccc3-c3nn[nH]n3)cc2)c1=O. The van der Waals surface area contributed by atoms with Crippen LogP contribution in [0.25, 0.3) is 28.6 Å². The Morgan fingerprint density at radius 2 is 1.88 bits per heavy atom. The number of allylic oxidation sites excluding steroid dienone is 1. The third kappa shape index (κ3) is 4.42. The van der Waals surface area contributed by atoms with Gasteiger partial charge in [0, 0.05) is 5.56 Å². The topological polar surface area (TPSA) is 94.3 Å². The van der Waals surface area contributed by atoms with Crippen molar-refractivity contribution >= 4 is 6.08 Å². The maximum Gasteiger partial charge on any atom is 0.347 e. The minimum atomic E-state index is -0.171. The average Bonchev–Trinajstić information content (AvgIpc) is 3.46. The van der Waals surface area contributed by atoms with Crippen LogP contribution in [0.2, 0.25) is 0 Å². The first-order valence-electron chi connectivity index (χ1n) is 10.4. The van der Waals surface area contributed by atoms with Crippen LogP contribution in [0.15, 0.2) is 59.4 Å². The molecule has 1 N–H and O–H groups in total. The summed E-state index contributed by atoms with van der Waals surface area (Å²) in [6.45, 7) is 4.50. The number of tetrazole rings is 1. The summed E-state index contributed by atoms with van der Waals surface area (Å²) in [7, 11) is 0. The van der Waals surface area contributed by atoms with Gasteiger partial charge in [0.25, 0.3) is 0 Å². The van der Waals surface area contributed by atoms with Crippen molar-refractivity contribution in [3.05, 3.63) is 76.5 Å². The Morgan fingerprint density at radius 1 is 1.09 bits per heavy atom. The average molecular weight is 425 g/mol. The number of nitrogens with one attached hydrogen (secondary N) is 1. The predicted octanol–water partition coefficient (Wildman–Crippen LogP) is 3.39. The molecule has 2 heterocycles. The molecule has 0 spiro atoms. The summed E-state index contributed by atoms with van der Waals surface area (Å²) in [5.41, 5.74) is 3.77. The summed E-state index contributed by atoms with van der Waals surface area (Å²) in [5.74, 6) is 6.89. The predicted molar refractivity (Wildman–Crippen MR) is 123 cm³/mol. The van der Waals surface area contributed by atoms with E-state index >= 15 is 0 Å². The van der Waals surface area contributed by atoms with Crippen LogP contribution in [0.3, 0.4) is 0 Å². The molecule has 160 valence electrons. The fourth-order valence-corrected chi connectivity index (χ4v) is 3.39. The third-order valence-electron chi connectivity index (χ3n) is 4.98. The number of rotatable bonds is 7. The first-order valence-corrected chi connectivity index (χ1v) is 10.4. The van der Waals surface area contributed by atoms with E-state index in [2.05, 4.69) is 37.6 Å². The maximum atomic E-state index is 12.9. The standard InChI is InChI=1S/C24H23N7O/c1-3-5-11-22-27-31(16-6-4-2)24(32)30(22)17-18-12-14-19(15-13-18)20-9-7-8-10-21(20)23-25-28-29-26-23/h5,7-15H,3,16-17H2,1-2H3,(H,25,26,28,29). The molecule has 0 saturated heterocycles. The largest absolute Gasteiger partial charge is 0.347 e. The van der Waals surface area contributed by atoms with Gasteiger partial charge in [-0.15, -0.1) is 21.2 Å². The smallest absolute Gasteiger partial charge is 0.271 e. The molecule has 0 atom stereocenters. The van der Waals surface area contributed by atoms with Crippen LogP contribution in [0.4, 0.5) is 0 Å². The summed E-state index contributed by atoms with van der Waals surface area (Å²) in [4.78, 5) is 12.9. The second kappa shape index (κ2) is 9.71. The van der Waals surface area contributed by atoms with Gasteiger partial charge in [0.1, 0.15) is 6.54 Å². The Morgan fingerprint density at radius 3 is 2.56 bits per heavy atom. The fourth-order valence-electron chi connectivity index (χ4n) is 3.39. The normalized spacial score (nSPS) is 10.9. The van der Waals surface area contributed by atoms with Crippen LogP contribution < -0.4 is 5.69 Å². The highest BCUT2D eigenvalue weighted by molar-refractivity contribution is 5.80. The Kier molecular flexibility index (Phi) is 6.37. The van der Waals surface area contributed by atoms with Gasteiger partial charge in [-0.2, -0.15) is 5.21 Å². The van der Waals surface area contributed by atoms with Crippen molar-refractivity contribution in [3.63, 3.8) is 0 Å². The highest BCUT2D eigenvalue weighted by Crippen LogP contribution is 2.29. The molecule has 0 saturated carbocycles. The second-order valence-corrected chi connectivity index (χ2v) is 7.10. The van der Waals surface area contributed by atoms with E-state index in [1.54, 1.807) is 11.5 Å². The molecule has 32 heavy (non-hydrogen) atoms. The Bertz CT molecular complexity index is 1330. The summed E-state index contributed by atoms with van der Waals surface area (Å²) >= 11 is 0. The zero-order chi connectivity index (χ0) is 22.3. The van der Waals surface area contributed by atoms with E-state index in [-0.39, 0.29) is 12.2 Å². The molecule has 0 radical (unpaired) electrons. The van der Waals surface area contributed by atoms with Crippen LogP contribution in [-0.2, 0) is 13.1 Å². The molecule has 8 nitrogen and oxygen atoms in total. The van der Waals surface area contributed by atoms with Crippen LogP contribution in [0.1, 0.15) is 31.7 Å². The molecule has 4 aromatic rings. The van der Waals surface area contributed by atoms with Gasteiger partial charge in [0.2, 0.25) is 5.82 Å². The first kappa shape index (κ1) is 21.0. The van der Waals surface area contributed by atoms with Gasteiger partial charge in [0.15, 0.2) is 5.82 Å². The lowest BCUT2D eigenvalue weighted by molar-refractivity contribution is 0.657. The number of hydrogen-bond acceptors (Lipinski definition) is 5. The monoisotopic (exact) mass is 425 g/mol. The lowest BCUT2D eigenvalue weighted by atomic mass is 9.98. The minimum Gasteiger partial charge on any atom is -0.271 e. The van der Waals surface area contributed by atoms with Crippen molar-refractivity contribution in [2.45, 2.75) is 33.4 Å². The number of benzene rings is 2. The third-order valence-corrected chi connectivity index (χ3v) is 4.98. The van der Waals surface area contributed by atoms with Gasteiger partial charge >= 0.3 is 5.69 Å². The van der Waals surface area contributed by atoms with Crippen molar-refractivity contribution in [1.29, 1.82) is 0 Å². The van der Waals surface area contributed by atoms with Crippen LogP contribution in [-0.4, -0.2) is 35.0 Å². The van der Waals surface area contributed by atoms with Crippen molar-refractivity contribution in [2.24, 2.45) is 0 Å². The summed E-state index contributed by atoms with van der Waals surface area (Å²) in [5, 5.41) is 18.8. The molecule has 0 amide bonds. The van der Waals surface area contributed by atoms with Gasteiger partial charge in [-0.05, 0) is 41.3 Å². The quantitative estimate of drug-likeness (QED) is 0.458. The Hall–Kier alpha value is -4.25. The molecular formula is C24H23N7O. The van der Waals surface area contributed by atoms with Gasteiger partial charge in [-0.3, -0.25) is 4.57 Å². The molecule has 2 aromatic carbocycles. The zero-order valence-corrected chi connectivity index (χ0v) is 18.0. The molecule has 2 aromatic heterocycles. The van der Waals surface area contributed by atoms with Gasteiger partial charge in [-0.25, -0.2) is 9.48 Å². The Labute approximate surface area is 185 Å². The number of aromatic nitrogens is 7. The zero-order valence-electron chi connectivity index (χ0n) is 18.0. The first-order chi connectivity index (χ1) is 15.7. The molecule has 8 heteroatoms. The highest BCUT2D eigenvalue weighted by Gasteiger charge is 2.13. The van der Waals surface area contributed by atoms with E-state index < -0.39 is 0 Å².